The van der Waals surface area contributed by atoms with Crippen LogP contribution in [0.5, 0.6) is 0 Å². The maximum atomic E-state index is 14.8. The summed E-state index contributed by atoms with van der Waals surface area (Å²) in [7, 11) is 0. The number of anilines is 1. The third-order valence-corrected chi connectivity index (χ3v) is 6.35. The Hall–Kier alpha value is -4.54. The molecule has 2 aromatic heterocycles. The average molecular weight is 615 g/mol. The number of benzene rings is 1. The first-order chi connectivity index (χ1) is 20.3. The van der Waals surface area contributed by atoms with E-state index in [4.69, 9.17) is 13.9 Å². The highest BCUT2D eigenvalue weighted by atomic mass is 19.4. The molecule has 11 nitrogen and oxygen atoms in total. The van der Waals surface area contributed by atoms with Crippen molar-refractivity contribution in [2.45, 2.75) is 56.8 Å². The van der Waals surface area contributed by atoms with Crippen molar-refractivity contribution in [2.24, 2.45) is 0 Å². The van der Waals surface area contributed by atoms with Crippen LogP contribution in [0.3, 0.4) is 0 Å². The van der Waals surface area contributed by atoms with Gasteiger partial charge in [0.25, 0.3) is 11.8 Å². The number of rotatable bonds is 6. The van der Waals surface area contributed by atoms with Gasteiger partial charge in [0.15, 0.2) is 0 Å². The number of carbonyl (C=O) groups is 1. The van der Waals surface area contributed by atoms with Gasteiger partial charge in [0.1, 0.15) is 17.4 Å². The van der Waals surface area contributed by atoms with Crippen LogP contribution in [0.15, 0.2) is 53.0 Å². The Balaban J connectivity index is 1.93. The van der Waals surface area contributed by atoms with Crippen molar-refractivity contribution in [1.82, 2.24) is 15.2 Å². The third-order valence-electron chi connectivity index (χ3n) is 6.35. The summed E-state index contributed by atoms with van der Waals surface area (Å²) in [5.41, 5.74) is -6.73. The number of hydrogen-bond donors (Lipinski definition) is 1. The van der Waals surface area contributed by atoms with E-state index in [9.17, 15) is 41.3 Å². The predicted molar refractivity (Wildman–Crippen MR) is 135 cm³/mol. The highest BCUT2D eigenvalue weighted by molar-refractivity contribution is 5.80. The molecule has 0 radical (unpaired) electrons. The Bertz CT molecular complexity index is 1490. The van der Waals surface area contributed by atoms with Gasteiger partial charge in [0, 0.05) is 6.07 Å². The molecule has 4 bridgehead atoms. The number of pyridine rings is 1. The molecule has 0 fully saturated rings. The number of halogens is 6. The van der Waals surface area contributed by atoms with Crippen LogP contribution < -0.4 is 5.32 Å². The fraction of sp³-hybridized carbons (Fsp3) is 0.385. The molecule has 3 heterocycles. The molecule has 4 rings (SSSR count). The molecule has 2 atom stereocenters. The van der Waals surface area contributed by atoms with E-state index < -0.39 is 82.5 Å². The molecule has 2 unspecified atom stereocenters. The lowest BCUT2D eigenvalue weighted by molar-refractivity contribution is -0.384. The minimum atomic E-state index is -5.20. The third kappa shape index (κ3) is 6.76. The second-order valence-corrected chi connectivity index (χ2v) is 9.21. The number of nitrogens with one attached hydrogen (secondary N) is 1. The van der Waals surface area contributed by atoms with Crippen LogP contribution in [-0.4, -0.2) is 44.9 Å². The Morgan fingerprint density at radius 2 is 1.88 bits per heavy atom. The van der Waals surface area contributed by atoms with Gasteiger partial charge in [-0.25, -0.2) is 9.78 Å². The lowest BCUT2D eigenvalue weighted by Gasteiger charge is -2.32. The summed E-state index contributed by atoms with van der Waals surface area (Å²) in [5.74, 6) is -4.15. The molecule has 1 aliphatic rings. The van der Waals surface area contributed by atoms with Gasteiger partial charge in [0.2, 0.25) is 11.3 Å². The normalized spacial score (nSPS) is 20.0. The first-order valence-electron chi connectivity index (χ1n) is 12.7. The van der Waals surface area contributed by atoms with Crippen molar-refractivity contribution in [1.29, 1.82) is 0 Å². The summed E-state index contributed by atoms with van der Waals surface area (Å²) in [5, 5.41) is 21.0. The van der Waals surface area contributed by atoms with Gasteiger partial charge in [-0.2, -0.15) is 26.3 Å². The molecule has 0 spiro atoms. The summed E-state index contributed by atoms with van der Waals surface area (Å²) in [6.45, 7) is 0.766. The van der Waals surface area contributed by atoms with Gasteiger partial charge in [0.05, 0.1) is 18.1 Å². The summed E-state index contributed by atoms with van der Waals surface area (Å²) in [6, 6.07) is 6.47. The first-order valence-corrected chi connectivity index (χ1v) is 12.7. The molecule has 0 saturated heterocycles. The molecule has 3 aromatic rings. The van der Waals surface area contributed by atoms with Crippen molar-refractivity contribution < 1.29 is 50.0 Å². The van der Waals surface area contributed by atoms with Crippen molar-refractivity contribution in [2.75, 3.05) is 11.9 Å². The average Bonchev–Trinajstić information content (AvgIpc) is 3.43. The zero-order chi connectivity index (χ0) is 31.4. The van der Waals surface area contributed by atoms with E-state index in [1.807, 2.05) is 0 Å². The van der Waals surface area contributed by atoms with Crippen molar-refractivity contribution in [3.05, 3.63) is 75.7 Å². The van der Waals surface area contributed by atoms with Crippen LogP contribution in [0.1, 0.15) is 43.2 Å². The SMILES string of the molecule is CCOC(=O)C1C/C=C\CCC(OCc2ccccc2)(C(F)(F)F)c2nnc(o2)-c2nc(c(C(F)(F)F)cc2[N+](=O)[O-])N1. The largest absolute Gasteiger partial charge is 0.464 e. The van der Waals surface area contributed by atoms with E-state index in [-0.39, 0.29) is 25.5 Å². The van der Waals surface area contributed by atoms with E-state index in [2.05, 4.69) is 20.5 Å². The number of fused-ring (bicyclic) bond motifs is 5. The number of hydrogen-bond acceptors (Lipinski definition) is 10. The molecule has 43 heavy (non-hydrogen) atoms. The summed E-state index contributed by atoms with van der Waals surface area (Å²) in [4.78, 5) is 26.8. The number of carbonyl (C=O) groups excluding carboxylic acids is 1. The quantitative estimate of drug-likeness (QED) is 0.113. The number of allylic oxidation sites excluding steroid dienone is 1. The van der Waals surface area contributed by atoms with Crippen LogP contribution in [-0.2, 0) is 32.7 Å². The summed E-state index contributed by atoms with van der Waals surface area (Å²) < 4.78 is 102. The van der Waals surface area contributed by atoms with E-state index in [0.29, 0.717) is 5.56 Å². The van der Waals surface area contributed by atoms with Crippen molar-refractivity contribution in [3.63, 3.8) is 0 Å². The highest BCUT2D eigenvalue weighted by Crippen LogP contribution is 2.47. The molecule has 17 heteroatoms. The van der Waals surface area contributed by atoms with Gasteiger partial charge in [-0.15, -0.1) is 10.2 Å². The molecule has 1 aliphatic heterocycles. The number of esters is 1. The van der Waals surface area contributed by atoms with Gasteiger partial charge in [-0.05, 0) is 31.7 Å². The minimum Gasteiger partial charge on any atom is -0.464 e. The Morgan fingerprint density at radius 1 is 1.16 bits per heavy atom. The molecular weight excluding hydrogens is 592 g/mol. The molecule has 0 amide bonds. The van der Waals surface area contributed by atoms with Gasteiger partial charge in [-0.1, -0.05) is 42.5 Å². The van der Waals surface area contributed by atoms with Crippen LogP contribution in [0.2, 0.25) is 0 Å². The molecule has 230 valence electrons. The number of nitrogens with zero attached hydrogens (tertiary/aromatic N) is 4. The topological polar surface area (TPSA) is 143 Å². The van der Waals surface area contributed by atoms with Crippen molar-refractivity contribution in [3.8, 4) is 11.6 Å². The standard InChI is InChI=1S/C26H23F6N5O6/c1-2-41-22(38)17-11-7-4-8-12-24(26(30,31)32,42-14-15-9-5-3-6-10-15)23-36-35-21(43-23)19-18(37(39)40)13-16(25(27,28)29)20(33-17)34-19/h3-7,9-10,13,17H,2,8,11-12,14H2,1H3,(H,33,34)/b7-4-. The molecule has 1 N–H and O–H groups in total. The Labute approximate surface area is 239 Å². The summed E-state index contributed by atoms with van der Waals surface area (Å²) in [6.07, 6.45) is -9.26. The second-order valence-electron chi connectivity index (χ2n) is 9.21. The van der Waals surface area contributed by atoms with Crippen LogP contribution in [0.25, 0.3) is 11.6 Å². The van der Waals surface area contributed by atoms with Gasteiger partial charge in [-0.3, -0.25) is 10.1 Å². The first kappa shape index (κ1) is 31.4. The van der Waals surface area contributed by atoms with E-state index in [0.717, 1.165) is 0 Å². The zero-order valence-electron chi connectivity index (χ0n) is 22.2. The highest BCUT2D eigenvalue weighted by Gasteiger charge is 2.61. The fourth-order valence-electron chi connectivity index (χ4n) is 4.23. The number of alkyl halides is 6. The molecular formula is C26H23F6N5O6. The Kier molecular flexibility index (Phi) is 9.03. The number of nitro groups is 1. The van der Waals surface area contributed by atoms with Crippen LogP contribution in [0, 0.1) is 10.1 Å². The lowest BCUT2D eigenvalue weighted by Crippen LogP contribution is -2.45. The number of aromatic nitrogens is 3. The second kappa shape index (κ2) is 12.4. The zero-order valence-corrected chi connectivity index (χ0v) is 22.2. The molecule has 0 saturated carbocycles. The molecule has 1 aromatic carbocycles. The lowest BCUT2D eigenvalue weighted by atomic mass is 9.95. The van der Waals surface area contributed by atoms with Crippen molar-refractivity contribution >= 4 is 17.5 Å². The Morgan fingerprint density at radius 3 is 2.51 bits per heavy atom. The van der Waals surface area contributed by atoms with E-state index >= 15 is 0 Å². The fourth-order valence-corrected chi connectivity index (χ4v) is 4.23. The van der Waals surface area contributed by atoms with Gasteiger partial charge < -0.3 is 19.2 Å². The van der Waals surface area contributed by atoms with E-state index in [1.54, 1.807) is 18.2 Å². The smallest absolute Gasteiger partial charge is 0.426 e. The summed E-state index contributed by atoms with van der Waals surface area (Å²) >= 11 is 0. The predicted octanol–water partition coefficient (Wildman–Crippen LogP) is 6.12. The monoisotopic (exact) mass is 615 g/mol. The van der Waals surface area contributed by atoms with Crippen LogP contribution in [0.4, 0.5) is 37.8 Å². The van der Waals surface area contributed by atoms with E-state index in [1.165, 1.54) is 31.2 Å². The molecule has 0 aliphatic carbocycles. The minimum absolute atomic E-state index is 0.112. The maximum absolute atomic E-state index is 14.8. The van der Waals surface area contributed by atoms with Gasteiger partial charge >= 0.3 is 24.0 Å². The number of ether oxygens (including phenoxy) is 2. The maximum Gasteiger partial charge on any atom is 0.426 e. The van der Waals surface area contributed by atoms with Crippen LogP contribution >= 0.6 is 0 Å².